The molecule has 6 N–H and O–H groups in total. The molecule has 0 saturated carbocycles. The summed E-state index contributed by atoms with van der Waals surface area (Å²) in [7, 11) is -3.86. The largest absolute Gasteiger partial charge is 0.435 e. The van der Waals surface area contributed by atoms with Gasteiger partial charge in [-0.2, -0.15) is 0 Å². The van der Waals surface area contributed by atoms with Crippen molar-refractivity contribution in [3.63, 3.8) is 0 Å². The number of aromatic nitrogens is 1. The molecule has 1 aliphatic heterocycles. The Morgan fingerprint density at radius 2 is 1.71 bits per heavy atom. The molecule has 12 heteroatoms. The van der Waals surface area contributed by atoms with Gasteiger partial charge in [-0.1, -0.05) is 60.7 Å². The van der Waals surface area contributed by atoms with Crippen LogP contribution in [0.3, 0.4) is 0 Å². The summed E-state index contributed by atoms with van der Waals surface area (Å²) in [6.07, 6.45) is 3.52. The van der Waals surface area contributed by atoms with Crippen LogP contribution in [0.2, 0.25) is 0 Å². The first-order valence-corrected chi connectivity index (χ1v) is 14.0. The number of amidine groups is 1. The first-order chi connectivity index (χ1) is 18.1. The van der Waals surface area contributed by atoms with Gasteiger partial charge in [-0.3, -0.25) is 15.0 Å². The van der Waals surface area contributed by atoms with Gasteiger partial charge < -0.3 is 20.8 Å². The van der Waals surface area contributed by atoms with E-state index in [4.69, 9.17) is 15.6 Å². The van der Waals surface area contributed by atoms with E-state index in [2.05, 4.69) is 20.3 Å². The fraction of sp³-hybridized carbons (Fsp3) is 0.308. The Balaban J connectivity index is 1.75. The van der Waals surface area contributed by atoms with Gasteiger partial charge in [-0.15, -0.1) is 0 Å². The van der Waals surface area contributed by atoms with Gasteiger partial charge in [0.05, 0.1) is 18.5 Å². The smallest absolute Gasteiger partial charge is 0.240 e. The second kappa shape index (κ2) is 11.7. The summed E-state index contributed by atoms with van der Waals surface area (Å²) in [5.41, 5.74) is 6.90. The van der Waals surface area contributed by atoms with Crippen LogP contribution in [0.25, 0.3) is 0 Å². The Morgan fingerprint density at radius 3 is 2.18 bits per heavy atom. The molecule has 1 saturated heterocycles. The zero-order valence-corrected chi connectivity index (χ0v) is 21.6. The monoisotopic (exact) mass is 538 g/mol. The highest BCUT2D eigenvalue weighted by atomic mass is 32.2. The molecule has 1 aliphatic rings. The zero-order valence-electron chi connectivity index (χ0n) is 20.8. The number of amides is 1. The minimum Gasteiger partial charge on any atom is -0.435 e. The number of benzene rings is 2. The van der Waals surface area contributed by atoms with Crippen LogP contribution >= 0.6 is 0 Å². The molecule has 1 amide bonds. The van der Waals surface area contributed by atoms with Crippen molar-refractivity contribution in [2.45, 2.75) is 36.9 Å². The molecule has 2 heterocycles. The number of nitrogen functional groups attached to an aromatic ring is 1. The molecule has 3 atom stereocenters. The van der Waals surface area contributed by atoms with E-state index in [9.17, 15) is 18.0 Å². The van der Waals surface area contributed by atoms with Crippen molar-refractivity contribution < 1.29 is 22.4 Å². The number of nitrogens with zero attached hydrogens (tertiary/aromatic N) is 1. The Bertz CT molecular complexity index is 1350. The van der Waals surface area contributed by atoms with Crippen LogP contribution in [0.1, 0.15) is 47.6 Å². The number of sulfonamides is 1. The number of rotatable bonds is 11. The lowest BCUT2D eigenvalue weighted by Crippen LogP contribution is -2.53. The van der Waals surface area contributed by atoms with E-state index in [0.717, 1.165) is 12.7 Å². The lowest BCUT2D eigenvalue weighted by molar-refractivity contribution is -0.130. The molecule has 11 nitrogen and oxygen atoms in total. The predicted molar refractivity (Wildman–Crippen MR) is 141 cm³/mol. The van der Waals surface area contributed by atoms with Crippen LogP contribution in [0.15, 0.2) is 71.3 Å². The Morgan fingerprint density at radius 1 is 1.11 bits per heavy atom. The molecule has 200 valence electrons. The molecule has 2 aromatic carbocycles. The number of carbonyl (C=O) groups excluding carboxylic acids is 2. The second-order valence-electron chi connectivity index (χ2n) is 9.14. The van der Waals surface area contributed by atoms with Gasteiger partial charge in [-0.25, -0.2) is 18.1 Å². The summed E-state index contributed by atoms with van der Waals surface area (Å²) in [5.74, 6) is -2.43. The SMILES string of the molecule is CS(=O)(=O)N[C@@H](C(=O)NC(C(=O)[C@@H]1CCCN1)c1ncc(C(=N)N)o1)C(c1ccccc1)c1ccccc1. The summed E-state index contributed by atoms with van der Waals surface area (Å²) in [6.45, 7) is 0.643. The van der Waals surface area contributed by atoms with Gasteiger partial charge in [0.25, 0.3) is 0 Å². The lowest BCUT2D eigenvalue weighted by atomic mass is 9.85. The number of hydrogen-bond donors (Lipinski definition) is 5. The van der Waals surface area contributed by atoms with Gasteiger partial charge in [0, 0.05) is 5.92 Å². The normalized spacial score (nSPS) is 17.2. The fourth-order valence-corrected chi connectivity index (χ4v) is 5.27. The van der Waals surface area contributed by atoms with Gasteiger partial charge in [0.1, 0.15) is 6.04 Å². The number of ketones is 1. The molecule has 38 heavy (non-hydrogen) atoms. The second-order valence-corrected chi connectivity index (χ2v) is 10.9. The average Bonchev–Trinajstić information content (AvgIpc) is 3.60. The third-order valence-corrected chi connectivity index (χ3v) is 6.97. The van der Waals surface area contributed by atoms with Crippen molar-refractivity contribution in [3.05, 3.63) is 89.6 Å². The van der Waals surface area contributed by atoms with Gasteiger partial charge in [0.15, 0.2) is 23.4 Å². The summed E-state index contributed by atoms with van der Waals surface area (Å²) in [5, 5.41) is 13.4. The number of Topliss-reactive ketones (excluding diaryl/α,β-unsaturated/α-hetero) is 1. The van der Waals surface area contributed by atoms with E-state index < -0.39 is 40.0 Å². The third kappa shape index (κ3) is 6.52. The molecule has 1 unspecified atom stereocenters. The molecule has 3 aromatic rings. The maximum atomic E-state index is 13.9. The van der Waals surface area contributed by atoms with Crippen LogP contribution < -0.4 is 21.1 Å². The molecule has 1 aromatic heterocycles. The van der Waals surface area contributed by atoms with E-state index in [1.54, 1.807) is 48.5 Å². The first-order valence-electron chi connectivity index (χ1n) is 12.1. The van der Waals surface area contributed by atoms with Crippen LogP contribution in [0.5, 0.6) is 0 Å². The molecule has 4 rings (SSSR count). The minimum atomic E-state index is -3.86. The first kappa shape index (κ1) is 27.2. The van der Waals surface area contributed by atoms with Crippen LogP contribution in [-0.4, -0.2) is 55.8 Å². The minimum absolute atomic E-state index is 0.0521. The van der Waals surface area contributed by atoms with Crippen molar-refractivity contribution in [3.8, 4) is 0 Å². The molecular weight excluding hydrogens is 508 g/mol. The number of oxazole rings is 1. The number of carbonyl (C=O) groups is 2. The topological polar surface area (TPSA) is 180 Å². The molecule has 0 spiro atoms. The van der Waals surface area contributed by atoms with E-state index in [0.29, 0.717) is 24.1 Å². The van der Waals surface area contributed by atoms with Crippen LogP contribution in [-0.2, 0) is 19.6 Å². The highest BCUT2D eigenvalue weighted by Crippen LogP contribution is 2.30. The van der Waals surface area contributed by atoms with Gasteiger partial charge >= 0.3 is 0 Å². The maximum Gasteiger partial charge on any atom is 0.240 e. The summed E-state index contributed by atoms with van der Waals surface area (Å²) in [6, 6.07) is 14.9. The molecule has 0 radical (unpaired) electrons. The van der Waals surface area contributed by atoms with Crippen molar-refractivity contribution in [1.29, 1.82) is 5.41 Å². The van der Waals surface area contributed by atoms with Crippen LogP contribution in [0.4, 0.5) is 0 Å². The van der Waals surface area contributed by atoms with Crippen molar-refractivity contribution in [2.24, 2.45) is 5.73 Å². The lowest BCUT2D eigenvalue weighted by Gasteiger charge is -2.29. The third-order valence-electron chi connectivity index (χ3n) is 6.29. The maximum absolute atomic E-state index is 13.9. The Labute approximate surface area is 220 Å². The quantitative estimate of drug-likeness (QED) is 0.178. The molecule has 0 aliphatic carbocycles. The number of nitrogens with two attached hydrogens (primary N) is 1. The Kier molecular flexibility index (Phi) is 8.35. The fourth-order valence-electron chi connectivity index (χ4n) is 4.56. The van der Waals surface area contributed by atoms with Crippen molar-refractivity contribution in [1.82, 2.24) is 20.3 Å². The number of hydrogen-bond acceptors (Lipinski definition) is 8. The molecule has 0 bridgehead atoms. The molecule has 1 fully saturated rings. The number of nitrogens with one attached hydrogen (secondary N) is 4. The highest BCUT2D eigenvalue weighted by Gasteiger charge is 2.39. The van der Waals surface area contributed by atoms with E-state index >= 15 is 0 Å². The van der Waals surface area contributed by atoms with Gasteiger partial charge in [-0.05, 0) is 30.5 Å². The van der Waals surface area contributed by atoms with E-state index in [-0.39, 0.29) is 23.3 Å². The van der Waals surface area contributed by atoms with Crippen molar-refractivity contribution >= 4 is 27.5 Å². The Hall–Kier alpha value is -3.87. The summed E-state index contributed by atoms with van der Waals surface area (Å²) >= 11 is 0. The summed E-state index contributed by atoms with van der Waals surface area (Å²) < 4.78 is 32.9. The highest BCUT2D eigenvalue weighted by molar-refractivity contribution is 7.88. The van der Waals surface area contributed by atoms with Crippen molar-refractivity contribution in [2.75, 3.05) is 12.8 Å². The summed E-state index contributed by atoms with van der Waals surface area (Å²) in [4.78, 5) is 31.5. The van der Waals surface area contributed by atoms with Gasteiger partial charge in [0.2, 0.25) is 21.8 Å². The van der Waals surface area contributed by atoms with E-state index in [1.807, 2.05) is 12.1 Å². The predicted octanol–water partition coefficient (Wildman–Crippen LogP) is 1.19. The average molecular weight is 539 g/mol. The zero-order chi connectivity index (χ0) is 27.3. The van der Waals surface area contributed by atoms with E-state index in [1.165, 1.54) is 6.20 Å². The molecular formula is C26H30N6O5S. The standard InChI is InChI=1S/C26H30N6O5S/c1-38(35,36)32-21(20(16-9-4-2-5-10-16)17-11-6-3-7-12-17)25(34)31-22(23(33)18-13-8-14-29-18)26-30-15-19(37-26)24(27)28/h2-7,9-12,15,18,20-22,29,32H,8,13-14H2,1H3,(H3,27,28)(H,31,34)/t18-,21+,22?/m0/s1. The van der Waals surface area contributed by atoms with Crippen LogP contribution in [0, 0.1) is 5.41 Å².